The molecule has 0 saturated heterocycles. The lowest BCUT2D eigenvalue weighted by Crippen LogP contribution is -2.35. The molecule has 0 aliphatic carbocycles. The molecular formula is C11H24NP. The molecule has 78 valence electrons. The van der Waals surface area contributed by atoms with E-state index in [0.29, 0.717) is 0 Å². The molecule has 1 nitrogen and oxygen atoms in total. The molecule has 0 aromatic heterocycles. The topological polar surface area (TPSA) is 12.0 Å². The maximum Gasteiger partial charge on any atom is 0.0355 e. The van der Waals surface area contributed by atoms with Gasteiger partial charge in [0, 0.05) is 5.28 Å². The average molecular weight is 201 g/mol. The lowest BCUT2D eigenvalue weighted by Gasteiger charge is -2.27. The van der Waals surface area contributed by atoms with Crippen molar-refractivity contribution in [3.8, 4) is 0 Å². The molecule has 0 aromatic carbocycles. The number of unbranched alkanes of at least 4 members (excludes halogenated alkanes) is 1. The second kappa shape index (κ2) is 7.53. The zero-order chi connectivity index (χ0) is 10.2. The van der Waals surface area contributed by atoms with Crippen molar-refractivity contribution in [1.82, 2.24) is 5.32 Å². The lowest BCUT2D eigenvalue weighted by molar-refractivity contribution is 0.458. The molecular weight excluding hydrogens is 177 g/mol. The van der Waals surface area contributed by atoms with Gasteiger partial charge in [-0.3, -0.25) is 0 Å². The van der Waals surface area contributed by atoms with Crippen LogP contribution in [0.3, 0.4) is 0 Å². The molecule has 2 heteroatoms. The van der Waals surface area contributed by atoms with Crippen LogP contribution in [-0.2, 0) is 0 Å². The highest BCUT2D eigenvalue weighted by Gasteiger charge is 2.18. The molecule has 0 aliphatic rings. The zero-order valence-electron chi connectivity index (χ0n) is 9.27. The molecule has 0 amide bonds. The van der Waals surface area contributed by atoms with E-state index in [1.807, 2.05) is 7.05 Å². The summed E-state index contributed by atoms with van der Waals surface area (Å²) >= 11 is 0. The summed E-state index contributed by atoms with van der Waals surface area (Å²) in [5.41, 5.74) is 0. The van der Waals surface area contributed by atoms with Crippen molar-refractivity contribution in [2.75, 3.05) is 7.05 Å². The molecule has 2 unspecified atom stereocenters. The first-order valence-corrected chi connectivity index (χ1v) is 5.89. The quantitative estimate of drug-likeness (QED) is 0.492. The Labute approximate surface area is 85.6 Å². The van der Waals surface area contributed by atoms with Gasteiger partial charge in [-0.25, -0.2) is 0 Å². The van der Waals surface area contributed by atoms with Crippen LogP contribution < -0.4 is 5.32 Å². The summed E-state index contributed by atoms with van der Waals surface area (Å²) in [5.74, 6) is 0. The van der Waals surface area contributed by atoms with Gasteiger partial charge in [0.25, 0.3) is 0 Å². The molecule has 0 saturated carbocycles. The SMILES string of the molecule is CC/C=C\CC(P)(CCCC)NC. The van der Waals surface area contributed by atoms with Crippen LogP contribution in [0, 0.1) is 0 Å². The summed E-state index contributed by atoms with van der Waals surface area (Å²) in [7, 11) is 4.99. The first kappa shape index (κ1) is 13.1. The van der Waals surface area contributed by atoms with Gasteiger partial charge in [0.1, 0.15) is 0 Å². The summed E-state index contributed by atoms with van der Waals surface area (Å²) in [6.07, 6.45) is 10.6. The third-order valence-corrected chi connectivity index (χ3v) is 3.17. The fraction of sp³-hybridized carbons (Fsp3) is 0.818. The van der Waals surface area contributed by atoms with Gasteiger partial charge in [-0.15, -0.1) is 9.24 Å². The summed E-state index contributed by atoms with van der Waals surface area (Å²) < 4.78 is 0. The van der Waals surface area contributed by atoms with Crippen LogP contribution in [0.1, 0.15) is 46.0 Å². The highest BCUT2D eigenvalue weighted by molar-refractivity contribution is 7.18. The van der Waals surface area contributed by atoms with E-state index in [1.165, 1.54) is 19.3 Å². The molecule has 0 aliphatic heterocycles. The van der Waals surface area contributed by atoms with Crippen LogP contribution in [-0.4, -0.2) is 12.3 Å². The van der Waals surface area contributed by atoms with Crippen LogP contribution in [0.2, 0.25) is 0 Å². The van der Waals surface area contributed by atoms with E-state index in [1.54, 1.807) is 0 Å². The van der Waals surface area contributed by atoms with Crippen LogP contribution in [0.4, 0.5) is 0 Å². The van der Waals surface area contributed by atoms with Crippen molar-refractivity contribution in [1.29, 1.82) is 0 Å². The standard InChI is InChI=1S/C11H24NP/c1-4-6-8-10-11(13,12-3)9-7-5-2/h6,8,12H,4-5,7,9-10,13H2,1-3H3/b8-6-. The average Bonchev–Trinajstić information content (AvgIpc) is 2.15. The summed E-state index contributed by atoms with van der Waals surface area (Å²) in [6, 6.07) is 0. The first-order valence-electron chi connectivity index (χ1n) is 5.31. The van der Waals surface area contributed by atoms with Crippen LogP contribution >= 0.6 is 9.24 Å². The predicted octanol–water partition coefficient (Wildman–Crippen LogP) is 3.32. The number of hydrogen-bond donors (Lipinski definition) is 1. The van der Waals surface area contributed by atoms with E-state index in [4.69, 9.17) is 0 Å². The van der Waals surface area contributed by atoms with Crippen LogP contribution in [0.5, 0.6) is 0 Å². The summed E-state index contributed by atoms with van der Waals surface area (Å²) in [4.78, 5) is 0. The van der Waals surface area contributed by atoms with Gasteiger partial charge in [0.05, 0.1) is 0 Å². The van der Waals surface area contributed by atoms with E-state index in [-0.39, 0.29) is 5.28 Å². The Balaban J connectivity index is 3.87. The maximum absolute atomic E-state index is 3.38. The zero-order valence-corrected chi connectivity index (χ0v) is 10.4. The minimum Gasteiger partial charge on any atom is -0.311 e. The number of nitrogens with one attached hydrogen (secondary N) is 1. The van der Waals surface area contributed by atoms with E-state index >= 15 is 0 Å². The highest BCUT2D eigenvalue weighted by Crippen LogP contribution is 2.26. The monoisotopic (exact) mass is 201 g/mol. The van der Waals surface area contributed by atoms with Crippen molar-refractivity contribution in [3.05, 3.63) is 12.2 Å². The van der Waals surface area contributed by atoms with E-state index < -0.39 is 0 Å². The van der Waals surface area contributed by atoms with Gasteiger partial charge >= 0.3 is 0 Å². The largest absolute Gasteiger partial charge is 0.311 e. The molecule has 0 heterocycles. The van der Waals surface area contributed by atoms with Crippen molar-refractivity contribution in [2.45, 2.75) is 51.2 Å². The molecule has 0 bridgehead atoms. The highest BCUT2D eigenvalue weighted by atomic mass is 31.0. The minimum atomic E-state index is 0.224. The molecule has 0 radical (unpaired) electrons. The summed E-state index contributed by atoms with van der Waals surface area (Å²) in [6.45, 7) is 4.41. The van der Waals surface area contributed by atoms with Crippen molar-refractivity contribution in [3.63, 3.8) is 0 Å². The number of hydrogen-bond acceptors (Lipinski definition) is 1. The normalized spacial score (nSPS) is 16.3. The van der Waals surface area contributed by atoms with Gasteiger partial charge in [-0.1, -0.05) is 38.8 Å². The molecule has 0 fully saturated rings. The van der Waals surface area contributed by atoms with Crippen LogP contribution in [0.25, 0.3) is 0 Å². The second-order valence-corrected chi connectivity index (χ2v) is 4.70. The molecule has 0 rings (SSSR count). The van der Waals surface area contributed by atoms with Gasteiger partial charge < -0.3 is 5.32 Å². The summed E-state index contributed by atoms with van der Waals surface area (Å²) in [5, 5.41) is 3.61. The Morgan fingerprint density at radius 3 is 2.46 bits per heavy atom. The van der Waals surface area contributed by atoms with E-state index in [2.05, 4.69) is 40.6 Å². The van der Waals surface area contributed by atoms with Gasteiger partial charge in [-0.2, -0.15) is 0 Å². The third kappa shape index (κ3) is 6.23. The number of rotatable bonds is 7. The molecule has 13 heavy (non-hydrogen) atoms. The van der Waals surface area contributed by atoms with Crippen LogP contribution in [0.15, 0.2) is 12.2 Å². The maximum atomic E-state index is 3.38. The molecule has 1 N–H and O–H groups in total. The first-order chi connectivity index (χ1) is 6.18. The Morgan fingerprint density at radius 1 is 1.31 bits per heavy atom. The van der Waals surface area contributed by atoms with Crippen molar-refractivity contribution in [2.24, 2.45) is 0 Å². The van der Waals surface area contributed by atoms with E-state index in [0.717, 1.165) is 12.8 Å². The molecule has 0 spiro atoms. The fourth-order valence-corrected chi connectivity index (χ4v) is 1.62. The van der Waals surface area contributed by atoms with Crippen molar-refractivity contribution < 1.29 is 0 Å². The molecule has 0 aromatic rings. The van der Waals surface area contributed by atoms with Crippen molar-refractivity contribution >= 4 is 9.24 Å². The van der Waals surface area contributed by atoms with Gasteiger partial charge in [0.2, 0.25) is 0 Å². The Bertz CT molecular complexity index is 145. The molecule has 2 atom stereocenters. The fourth-order valence-electron chi connectivity index (χ4n) is 1.28. The minimum absolute atomic E-state index is 0.224. The van der Waals surface area contributed by atoms with Gasteiger partial charge in [0.15, 0.2) is 0 Å². The second-order valence-electron chi connectivity index (χ2n) is 3.59. The lowest BCUT2D eigenvalue weighted by atomic mass is 10.1. The third-order valence-electron chi connectivity index (χ3n) is 2.36. The Kier molecular flexibility index (Phi) is 7.60. The predicted molar refractivity (Wildman–Crippen MR) is 65.1 cm³/mol. The Morgan fingerprint density at radius 2 is 2.00 bits per heavy atom. The van der Waals surface area contributed by atoms with E-state index in [9.17, 15) is 0 Å². The number of allylic oxidation sites excluding steroid dienone is 1. The Hall–Kier alpha value is 0.130. The smallest absolute Gasteiger partial charge is 0.0355 e. The van der Waals surface area contributed by atoms with Gasteiger partial charge in [-0.05, 0) is 26.3 Å².